The summed E-state index contributed by atoms with van der Waals surface area (Å²) in [5, 5.41) is 4.23. The molecule has 1 aliphatic rings. The maximum absolute atomic E-state index is 12.1. The van der Waals surface area contributed by atoms with Crippen molar-refractivity contribution in [2.24, 2.45) is 0 Å². The van der Waals surface area contributed by atoms with Gasteiger partial charge in [-0.1, -0.05) is 41.0 Å². The summed E-state index contributed by atoms with van der Waals surface area (Å²) in [7, 11) is 0. The Bertz CT molecular complexity index is 757. The normalized spacial score (nSPS) is 14.4. The van der Waals surface area contributed by atoms with Gasteiger partial charge in [0.15, 0.2) is 0 Å². The highest BCUT2D eigenvalue weighted by molar-refractivity contribution is 7.99. The van der Waals surface area contributed by atoms with E-state index in [-0.39, 0.29) is 11.7 Å². The summed E-state index contributed by atoms with van der Waals surface area (Å²) in [4.78, 5) is 22.8. The summed E-state index contributed by atoms with van der Waals surface area (Å²) in [6, 6.07) is 6.99. The Morgan fingerprint density at radius 2 is 2.08 bits per heavy atom. The predicted molar refractivity (Wildman–Crippen MR) is 101 cm³/mol. The number of hydrogen-bond acceptors (Lipinski definition) is 6. The predicted octanol–water partition coefficient (Wildman–Crippen LogP) is 3.35. The largest absolute Gasteiger partial charge is 0.378 e. The molecule has 1 amide bonds. The molecule has 0 saturated carbocycles. The lowest BCUT2D eigenvalue weighted by Gasteiger charge is -2.27. The lowest BCUT2D eigenvalue weighted by Crippen LogP contribution is -2.36. The van der Waals surface area contributed by atoms with Crippen molar-refractivity contribution in [1.29, 1.82) is 0 Å². The average molecular weight is 399 g/mol. The first kappa shape index (κ1) is 18.3. The molecule has 3 rings (SSSR count). The number of carbonyl (C=O) groups is 1. The van der Waals surface area contributed by atoms with Crippen molar-refractivity contribution in [3.63, 3.8) is 0 Å². The summed E-state index contributed by atoms with van der Waals surface area (Å²) in [5.74, 6) is 0.877. The van der Waals surface area contributed by atoms with Gasteiger partial charge in [-0.3, -0.25) is 4.79 Å². The summed E-state index contributed by atoms with van der Waals surface area (Å²) in [6.07, 6.45) is 1.51. The Labute approximate surface area is 159 Å². The van der Waals surface area contributed by atoms with Gasteiger partial charge in [0.1, 0.15) is 17.2 Å². The summed E-state index contributed by atoms with van der Waals surface area (Å²) >= 11 is 13.4. The molecule has 2 heterocycles. The van der Waals surface area contributed by atoms with E-state index in [9.17, 15) is 4.79 Å². The Morgan fingerprint density at radius 3 is 2.88 bits per heavy atom. The van der Waals surface area contributed by atoms with Gasteiger partial charge in [-0.15, -0.1) is 0 Å². The molecule has 25 heavy (non-hydrogen) atoms. The third-order valence-corrected chi connectivity index (χ3v) is 5.28. The fourth-order valence-corrected chi connectivity index (χ4v) is 3.31. The van der Waals surface area contributed by atoms with E-state index in [1.165, 1.54) is 18.1 Å². The molecular formula is C16H16Cl2N4O2S. The zero-order valence-electron chi connectivity index (χ0n) is 13.2. The van der Waals surface area contributed by atoms with Gasteiger partial charge in [0, 0.05) is 19.2 Å². The van der Waals surface area contributed by atoms with E-state index in [4.69, 9.17) is 27.9 Å². The van der Waals surface area contributed by atoms with E-state index in [2.05, 4.69) is 20.2 Å². The average Bonchev–Trinajstić information content (AvgIpc) is 2.65. The number of thioether (sulfide) groups is 1. The highest BCUT2D eigenvalue weighted by atomic mass is 35.5. The highest BCUT2D eigenvalue weighted by Gasteiger charge is 2.14. The van der Waals surface area contributed by atoms with Crippen LogP contribution in [0.2, 0.25) is 10.0 Å². The van der Waals surface area contributed by atoms with Crippen molar-refractivity contribution in [2.75, 3.05) is 42.3 Å². The van der Waals surface area contributed by atoms with Crippen molar-refractivity contribution >= 4 is 52.4 Å². The van der Waals surface area contributed by atoms with Gasteiger partial charge >= 0.3 is 0 Å². The molecule has 0 unspecified atom stereocenters. The Morgan fingerprint density at radius 1 is 1.28 bits per heavy atom. The molecule has 1 fully saturated rings. The van der Waals surface area contributed by atoms with Crippen LogP contribution in [0.4, 0.5) is 11.5 Å². The van der Waals surface area contributed by atoms with Crippen LogP contribution in [0, 0.1) is 0 Å². The van der Waals surface area contributed by atoms with Crippen molar-refractivity contribution in [2.45, 2.75) is 5.03 Å². The van der Waals surface area contributed by atoms with Gasteiger partial charge in [-0.05, 0) is 12.1 Å². The van der Waals surface area contributed by atoms with Crippen LogP contribution >= 0.6 is 35.0 Å². The van der Waals surface area contributed by atoms with Crippen LogP contribution in [-0.2, 0) is 9.53 Å². The van der Waals surface area contributed by atoms with Crippen LogP contribution in [0.1, 0.15) is 0 Å². The molecule has 0 atom stereocenters. The monoisotopic (exact) mass is 398 g/mol. The number of carbonyl (C=O) groups excluding carboxylic acids is 1. The van der Waals surface area contributed by atoms with Crippen LogP contribution in [0.5, 0.6) is 0 Å². The Hall–Kier alpha value is -1.54. The number of hydrogen-bond donors (Lipinski definition) is 1. The number of nitrogens with one attached hydrogen (secondary N) is 1. The SMILES string of the molecule is O=C(CSc1cc(N2CCOCC2)ncn1)Nc1cccc(Cl)c1Cl. The van der Waals surface area contributed by atoms with Gasteiger partial charge in [0.05, 0.1) is 34.7 Å². The smallest absolute Gasteiger partial charge is 0.234 e. The molecule has 1 aliphatic heterocycles. The first-order chi connectivity index (χ1) is 12.1. The molecule has 0 aliphatic carbocycles. The first-order valence-electron chi connectivity index (χ1n) is 7.65. The number of rotatable bonds is 5. The zero-order valence-corrected chi connectivity index (χ0v) is 15.6. The standard InChI is InChI=1S/C16H16Cl2N4O2S/c17-11-2-1-3-12(16(11)18)21-14(23)9-25-15-8-13(19-10-20-15)22-4-6-24-7-5-22/h1-3,8,10H,4-7,9H2,(H,21,23). The second-order valence-corrected chi connectivity index (χ2v) is 7.03. The fraction of sp³-hybridized carbons (Fsp3) is 0.312. The maximum Gasteiger partial charge on any atom is 0.234 e. The molecule has 9 heteroatoms. The number of ether oxygens (including phenoxy) is 1. The van der Waals surface area contributed by atoms with Crippen molar-refractivity contribution < 1.29 is 9.53 Å². The van der Waals surface area contributed by atoms with Gasteiger partial charge in [0.2, 0.25) is 5.91 Å². The minimum absolute atomic E-state index is 0.180. The van der Waals surface area contributed by atoms with Crippen LogP contribution in [0.25, 0.3) is 0 Å². The topological polar surface area (TPSA) is 67.4 Å². The molecule has 132 valence electrons. The minimum Gasteiger partial charge on any atom is -0.378 e. The van der Waals surface area contributed by atoms with Crippen LogP contribution in [-0.4, -0.2) is 47.9 Å². The van der Waals surface area contributed by atoms with Crippen LogP contribution in [0.15, 0.2) is 35.6 Å². The van der Waals surface area contributed by atoms with Crippen molar-refractivity contribution in [3.05, 3.63) is 40.6 Å². The number of benzene rings is 1. The van der Waals surface area contributed by atoms with Gasteiger partial charge in [-0.2, -0.15) is 0 Å². The molecule has 0 bridgehead atoms. The van der Waals surface area contributed by atoms with E-state index >= 15 is 0 Å². The van der Waals surface area contributed by atoms with Crippen molar-refractivity contribution in [1.82, 2.24) is 9.97 Å². The second kappa shape index (κ2) is 8.71. The van der Waals surface area contributed by atoms with Gasteiger partial charge in [-0.25, -0.2) is 9.97 Å². The molecular weight excluding hydrogens is 383 g/mol. The number of morpholine rings is 1. The summed E-state index contributed by atoms with van der Waals surface area (Å²) < 4.78 is 5.34. The van der Waals surface area contributed by atoms with E-state index in [1.54, 1.807) is 18.2 Å². The van der Waals surface area contributed by atoms with Crippen LogP contribution < -0.4 is 10.2 Å². The van der Waals surface area contributed by atoms with Gasteiger partial charge in [0.25, 0.3) is 0 Å². The maximum atomic E-state index is 12.1. The fourth-order valence-electron chi connectivity index (χ4n) is 2.30. The number of halogens is 2. The highest BCUT2D eigenvalue weighted by Crippen LogP contribution is 2.29. The quantitative estimate of drug-likeness (QED) is 0.615. The van der Waals surface area contributed by atoms with E-state index in [0.29, 0.717) is 28.9 Å². The summed E-state index contributed by atoms with van der Waals surface area (Å²) in [6.45, 7) is 2.98. The van der Waals surface area contributed by atoms with Gasteiger partial charge < -0.3 is 15.0 Å². The Kier molecular flexibility index (Phi) is 6.36. The second-order valence-electron chi connectivity index (χ2n) is 5.25. The summed E-state index contributed by atoms with van der Waals surface area (Å²) in [5.41, 5.74) is 0.497. The molecule has 6 nitrogen and oxygen atoms in total. The van der Waals surface area contributed by atoms with Crippen LogP contribution in [0.3, 0.4) is 0 Å². The number of nitrogens with zero attached hydrogens (tertiary/aromatic N) is 3. The molecule has 2 aromatic rings. The van der Waals surface area contributed by atoms with E-state index in [0.717, 1.165) is 23.9 Å². The molecule has 1 N–H and O–H groups in total. The van der Waals surface area contributed by atoms with E-state index in [1.807, 2.05) is 6.07 Å². The number of amides is 1. The first-order valence-corrected chi connectivity index (χ1v) is 9.39. The minimum atomic E-state index is -0.180. The third kappa shape index (κ3) is 4.98. The van der Waals surface area contributed by atoms with E-state index < -0.39 is 0 Å². The Balaban J connectivity index is 1.57. The molecule has 1 saturated heterocycles. The lowest BCUT2D eigenvalue weighted by molar-refractivity contribution is -0.113. The van der Waals surface area contributed by atoms with Crippen molar-refractivity contribution in [3.8, 4) is 0 Å². The number of aromatic nitrogens is 2. The number of anilines is 2. The molecule has 1 aromatic heterocycles. The molecule has 1 aromatic carbocycles. The molecule has 0 spiro atoms. The lowest BCUT2D eigenvalue weighted by atomic mass is 10.3. The molecule has 0 radical (unpaired) electrons. The zero-order chi connectivity index (χ0) is 17.6. The third-order valence-electron chi connectivity index (χ3n) is 3.54.